The van der Waals surface area contributed by atoms with Crippen LogP contribution < -0.4 is 9.64 Å². The average molecular weight is 326 g/mol. The van der Waals surface area contributed by atoms with Crippen LogP contribution >= 0.6 is 11.6 Å². The van der Waals surface area contributed by atoms with E-state index in [4.69, 9.17) is 21.1 Å². The van der Waals surface area contributed by atoms with Crippen LogP contribution in [0.5, 0.6) is 5.75 Å². The molecular formula is C15H20ClN3O3. The molecule has 2 heterocycles. The standard InChI is InChI=1S/C15H20ClN3O3/c1-14(2,3)22-13(20)19-11-10(8-17-12(16)18-11)21-9-15(19)6-4-5-7-15/h8H,4-7,9H2,1-3H3. The highest BCUT2D eigenvalue weighted by Gasteiger charge is 2.49. The lowest BCUT2D eigenvalue weighted by Crippen LogP contribution is -2.58. The van der Waals surface area contributed by atoms with Gasteiger partial charge in [0.05, 0.1) is 11.7 Å². The van der Waals surface area contributed by atoms with E-state index >= 15 is 0 Å². The average Bonchev–Trinajstić information content (AvgIpc) is 2.85. The normalized spacial score (nSPS) is 19.7. The lowest BCUT2D eigenvalue weighted by molar-refractivity contribution is 0.0485. The van der Waals surface area contributed by atoms with Crippen molar-refractivity contribution < 1.29 is 14.3 Å². The van der Waals surface area contributed by atoms with Crippen LogP contribution in [0.1, 0.15) is 46.5 Å². The summed E-state index contributed by atoms with van der Waals surface area (Å²) in [5.74, 6) is 0.871. The minimum Gasteiger partial charge on any atom is -0.486 e. The molecule has 1 aromatic heterocycles. The number of halogens is 1. The van der Waals surface area contributed by atoms with Gasteiger partial charge in [-0.3, -0.25) is 0 Å². The Bertz CT molecular complexity index is 594. The molecule has 1 saturated carbocycles. The predicted octanol–water partition coefficient (Wildman–Crippen LogP) is 3.58. The van der Waals surface area contributed by atoms with Crippen molar-refractivity contribution >= 4 is 23.5 Å². The predicted molar refractivity (Wildman–Crippen MR) is 82.4 cm³/mol. The van der Waals surface area contributed by atoms with Crippen molar-refractivity contribution in [3.63, 3.8) is 0 Å². The van der Waals surface area contributed by atoms with Gasteiger partial charge in [0.15, 0.2) is 11.6 Å². The van der Waals surface area contributed by atoms with E-state index < -0.39 is 17.2 Å². The smallest absolute Gasteiger partial charge is 0.416 e. The molecule has 0 saturated heterocycles. The van der Waals surface area contributed by atoms with Crippen LogP contribution in [0, 0.1) is 0 Å². The molecule has 0 radical (unpaired) electrons. The Kier molecular flexibility index (Phi) is 3.67. The number of fused-ring (bicyclic) bond motifs is 1. The number of nitrogens with zero attached hydrogens (tertiary/aromatic N) is 3. The number of hydrogen-bond donors (Lipinski definition) is 0. The number of carbonyl (C=O) groups excluding carboxylic acids is 1. The van der Waals surface area contributed by atoms with Gasteiger partial charge in [-0.15, -0.1) is 0 Å². The minimum absolute atomic E-state index is 0.0888. The number of hydrogen-bond acceptors (Lipinski definition) is 5. The lowest BCUT2D eigenvalue weighted by atomic mass is 9.95. The number of ether oxygens (including phenoxy) is 2. The van der Waals surface area contributed by atoms with E-state index in [2.05, 4.69) is 9.97 Å². The molecule has 0 N–H and O–H groups in total. The van der Waals surface area contributed by atoms with Crippen LogP contribution in [0.2, 0.25) is 5.28 Å². The third-order valence-electron chi connectivity index (χ3n) is 4.00. The molecule has 1 spiro atoms. The molecule has 1 aliphatic carbocycles. The topological polar surface area (TPSA) is 64.5 Å². The SMILES string of the molecule is CC(C)(C)OC(=O)N1c2nc(Cl)ncc2OCC12CCCC2. The third kappa shape index (κ3) is 2.72. The summed E-state index contributed by atoms with van der Waals surface area (Å²) in [5.41, 5.74) is -0.973. The summed E-state index contributed by atoms with van der Waals surface area (Å²) < 4.78 is 11.4. The molecule has 0 atom stereocenters. The van der Waals surface area contributed by atoms with Gasteiger partial charge in [-0.1, -0.05) is 12.8 Å². The summed E-state index contributed by atoms with van der Waals surface area (Å²) in [4.78, 5) is 22.6. The van der Waals surface area contributed by atoms with Gasteiger partial charge in [-0.2, -0.15) is 4.98 Å². The minimum atomic E-state index is -0.577. The fourth-order valence-corrected chi connectivity index (χ4v) is 3.22. The molecular weight excluding hydrogens is 306 g/mol. The Balaban J connectivity index is 2.04. The second kappa shape index (κ2) is 5.26. The zero-order valence-corrected chi connectivity index (χ0v) is 13.8. The monoisotopic (exact) mass is 325 g/mol. The summed E-state index contributed by atoms with van der Waals surface area (Å²) in [6.07, 6.45) is 4.94. The van der Waals surface area contributed by atoms with Crippen LogP contribution in [0.15, 0.2) is 6.20 Å². The zero-order chi connectivity index (χ0) is 16.0. The Morgan fingerprint density at radius 1 is 1.41 bits per heavy atom. The molecule has 0 bridgehead atoms. The number of anilines is 1. The number of rotatable bonds is 0. The summed E-state index contributed by atoms with van der Waals surface area (Å²) >= 11 is 5.92. The van der Waals surface area contributed by atoms with Gasteiger partial charge >= 0.3 is 6.09 Å². The van der Waals surface area contributed by atoms with Crippen molar-refractivity contribution in [3.05, 3.63) is 11.5 Å². The summed E-state index contributed by atoms with van der Waals surface area (Å²) in [6.45, 7) is 5.98. The summed E-state index contributed by atoms with van der Waals surface area (Å²) in [5, 5.41) is 0.0888. The Morgan fingerprint density at radius 2 is 2.09 bits per heavy atom. The fourth-order valence-electron chi connectivity index (χ4n) is 3.09. The summed E-state index contributed by atoms with van der Waals surface area (Å²) in [6, 6.07) is 0. The van der Waals surface area contributed by atoms with Gasteiger partial charge in [-0.25, -0.2) is 14.7 Å². The van der Waals surface area contributed by atoms with Crippen LogP contribution in [-0.2, 0) is 4.74 Å². The van der Waals surface area contributed by atoms with E-state index in [-0.39, 0.29) is 5.28 Å². The van der Waals surface area contributed by atoms with Gasteiger partial charge in [0.25, 0.3) is 0 Å². The van der Waals surface area contributed by atoms with Crippen LogP contribution in [0.25, 0.3) is 0 Å². The lowest BCUT2D eigenvalue weighted by Gasteiger charge is -2.44. The van der Waals surface area contributed by atoms with Crippen LogP contribution in [-0.4, -0.2) is 33.8 Å². The fraction of sp³-hybridized carbons (Fsp3) is 0.667. The highest BCUT2D eigenvalue weighted by Crippen LogP contribution is 2.45. The molecule has 7 heteroatoms. The highest BCUT2D eigenvalue weighted by molar-refractivity contribution is 6.28. The molecule has 22 heavy (non-hydrogen) atoms. The highest BCUT2D eigenvalue weighted by atomic mass is 35.5. The molecule has 120 valence electrons. The maximum atomic E-state index is 12.8. The molecule has 1 aromatic rings. The summed E-state index contributed by atoms with van der Waals surface area (Å²) in [7, 11) is 0. The first-order chi connectivity index (χ1) is 10.3. The molecule has 1 amide bonds. The second-order valence-electron chi connectivity index (χ2n) is 6.86. The van der Waals surface area contributed by atoms with Crippen molar-refractivity contribution in [1.29, 1.82) is 0 Å². The van der Waals surface area contributed by atoms with E-state index in [1.807, 2.05) is 20.8 Å². The van der Waals surface area contributed by atoms with Gasteiger partial charge in [0, 0.05) is 0 Å². The molecule has 3 rings (SSSR count). The first kappa shape index (κ1) is 15.3. The maximum Gasteiger partial charge on any atom is 0.416 e. The van der Waals surface area contributed by atoms with Crippen molar-refractivity contribution in [2.45, 2.75) is 57.6 Å². The van der Waals surface area contributed by atoms with Gasteiger partial charge in [0.1, 0.15) is 12.2 Å². The van der Waals surface area contributed by atoms with E-state index in [9.17, 15) is 4.79 Å². The Morgan fingerprint density at radius 3 is 2.73 bits per heavy atom. The maximum absolute atomic E-state index is 12.8. The van der Waals surface area contributed by atoms with Crippen molar-refractivity contribution in [3.8, 4) is 5.75 Å². The van der Waals surface area contributed by atoms with Crippen molar-refractivity contribution in [1.82, 2.24) is 9.97 Å². The van der Waals surface area contributed by atoms with E-state index in [0.29, 0.717) is 18.2 Å². The van der Waals surface area contributed by atoms with E-state index in [0.717, 1.165) is 25.7 Å². The first-order valence-corrected chi connectivity index (χ1v) is 7.87. The van der Waals surface area contributed by atoms with Crippen molar-refractivity contribution in [2.24, 2.45) is 0 Å². The molecule has 1 aliphatic heterocycles. The Labute approximate surface area is 134 Å². The number of aromatic nitrogens is 2. The van der Waals surface area contributed by atoms with Crippen LogP contribution in [0.3, 0.4) is 0 Å². The van der Waals surface area contributed by atoms with Crippen molar-refractivity contribution in [2.75, 3.05) is 11.5 Å². The van der Waals surface area contributed by atoms with Crippen LogP contribution in [0.4, 0.5) is 10.6 Å². The molecule has 2 aliphatic rings. The molecule has 0 aromatic carbocycles. The van der Waals surface area contributed by atoms with E-state index in [1.54, 1.807) is 4.90 Å². The molecule has 6 nitrogen and oxygen atoms in total. The first-order valence-electron chi connectivity index (χ1n) is 7.49. The molecule has 1 fully saturated rings. The molecule has 0 unspecified atom stereocenters. The van der Waals surface area contributed by atoms with E-state index in [1.165, 1.54) is 6.20 Å². The quantitative estimate of drug-likeness (QED) is 0.682. The van der Waals surface area contributed by atoms with Gasteiger partial charge in [0.2, 0.25) is 5.28 Å². The Hall–Kier alpha value is -1.56. The van der Waals surface area contributed by atoms with Gasteiger partial charge < -0.3 is 9.47 Å². The largest absolute Gasteiger partial charge is 0.486 e. The third-order valence-corrected chi connectivity index (χ3v) is 4.18. The number of carbonyl (C=O) groups is 1. The second-order valence-corrected chi connectivity index (χ2v) is 7.20. The zero-order valence-electron chi connectivity index (χ0n) is 13.1. The number of amides is 1. The van der Waals surface area contributed by atoms with Gasteiger partial charge in [-0.05, 0) is 45.2 Å².